The van der Waals surface area contributed by atoms with Gasteiger partial charge in [-0.3, -0.25) is 19.1 Å². The largest absolute Gasteiger partial charge is 0.485 e. The summed E-state index contributed by atoms with van der Waals surface area (Å²) < 4.78 is 41.8. The minimum Gasteiger partial charge on any atom is -0.485 e. The SMILES string of the molecule is CC1(C)[C@H](NC(=O)/C(=N\O[C@](C)(C(=O)O)[C@H]2CCc3cc(C(N)=NCC4CCC(N)CC4)ccc3O2)c2csc(N)n2)C(=O)N1OS(=O)(=O)O. The van der Waals surface area contributed by atoms with E-state index in [1.165, 1.54) is 26.2 Å². The van der Waals surface area contributed by atoms with Gasteiger partial charge >= 0.3 is 16.4 Å². The normalized spacial score (nSPS) is 25.1. The fourth-order valence-corrected chi connectivity index (χ4v) is 7.02. The van der Waals surface area contributed by atoms with Crippen molar-refractivity contribution in [2.24, 2.45) is 27.5 Å². The lowest BCUT2D eigenvalue weighted by molar-refractivity contribution is -0.218. The van der Waals surface area contributed by atoms with Gasteiger partial charge in [0.25, 0.3) is 17.4 Å². The summed E-state index contributed by atoms with van der Waals surface area (Å²) in [7, 11) is -5.03. The first-order valence-corrected chi connectivity index (χ1v) is 18.0. The topological polar surface area (TPSA) is 284 Å². The third kappa shape index (κ3) is 7.83. The predicted octanol–water partition coefficient (Wildman–Crippen LogP) is 0.746. The van der Waals surface area contributed by atoms with Gasteiger partial charge in [-0.05, 0) is 89.0 Å². The fourth-order valence-electron chi connectivity index (χ4n) is 6.02. The first-order valence-electron chi connectivity index (χ1n) is 15.8. The van der Waals surface area contributed by atoms with Crippen LogP contribution in [0.3, 0.4) is 0 Å². The van der Waals surface area contributed by atoms with Gasteiger partial charge in [0, 0.05) is 23.5 Å². The number of carboxylic acid groups (broad SMARTS) is 1. The molecule has 0 unspecified atom stereocenters. The minimum absolute atomic E-state index is 0.0604. The summed E-state index contributed by atoms with van der Waals surface area (Å²) in [6.45, 7) is 4.61. The standard InChI is InChI=1S/C30H40N8O10S2/c1-29(2)23(26(40)38(29)48-50(43,44)45)36-25(39)22(19-14-49-28(33)35-19)37-47-30(3,27(41)42)21-11-7-16-12-17(6-10-20(16)46-21)24(32)34-13-15-4-8-18(31)9-5-15/h6,10,12,14-15,18,21,23H,4-5,7-9,11,13,31H2,1-3H3,(H2,32,34)(H2,33,35)(H,36,39)(H,41,42)(H,43,44,45)/b37-22-/t15?,18?,21-,23-,30+/m1/s1. The van der Waals surface area contributed by atoms with Crippen molar-refractivity contribution in [1.29, 1.82) is 0 Å². The van der Waals surface area contributed by atoms with E-state index in [1.807, 2.05) is 6.07 Å². The van der Waals surface area contributed by atoms with Crippen LogP contribution >= 0.6 is 11.3 Å². The number of aliphatic imine (C=N–C) groups is 1. The number of oxime groups is 1. The van der Waals surface area contributed by atoms with E-state index in [-0.39, 0.29) is 23.3 Å². The maximum absolute atomic E-state index is 13.5. The number of benzene rings is 1. The summed E-state index contributed by atoms with van der Waals surface area (Å²) in [6, 6.07) is 4.21. The van der Waals surface area contributed by atoms with E-state index >= 15 is 0 Å². The number of nitrogens with zero attached hydrogens (tertiary/aromatic N) is 4. The third-order valence-corrected chi connectivity index (χ3v) is 10.2. The van der Waals surface area contributed by atoms with Crippen molar-refractivity contribution in [3.8, 4) is 5.75 Å². The zero-order valence-corrected chi connectivity index (χ0v) is 29.2. The number of fused-ring (bicyclic) bond motifs is 1. The number of hydrogen-bond acceptors (Lipinski definition) is 14. The summed E-state index contributed by atoms with van der Waals surface area (Å²) in [6.07, 6.45) is 3.54. The molecule has 20 heteroatoms. The van der Waals surface area contributed by atoms with Gasteiger partial charge in [-0.1, -0.05) is 5.16 Å². The Morgan fingerprint density at radius 3 is 2.54 bits per heavy atom. The van der Waals surface area contributed by atoms with Crippen molar-refractivity contribution in [2.75, 3.05) is 12.3 Å². The number of nitrogen functional groups attached to an aromatic ring is 1. The van der Waals surface area contributed by atoms with E-state index in [1.54, 1.807) is 12.1 Å². The lowest BCUT2D eigenvalue weighted by Gasteiger charge is -2.50. The first kappa shape index (κ1) is 36.9. The number of rotatable bonds is 12. The van der Waals surface area contributed by atoms with Crippen LogP contribution in [-0.4, -0.2) is 93.3 Å². The van der Waals surface area contributed by atoms with Crippen molar-refractivity contribution >= 4 is 56.2 Å². The summed E-state index contributed by atoms with van der Waals surface area (Å²) in [5, 5.41) is 18.4. The van der Waals surface area contributed by atoms with Crippen molar-refractivity contribution in [1.82, 2.24) is 15.4 Å². The molecule has 1 aromatic heterocycles. The summed E-state index contributed by atoms with van der Waals surface area (Å²) in [4.78, 5) is 53.0. The molecule has 3 atom stereocenters. The van der Waals surface area contributed by atoms with Gasteiger partial charge in [0.05, 0.1) is 5.54 Å². The maximum atomic E-state index is 13.5. The Labute approximate surface area is 291 Å². The average Bonchev–Trinajstić information content (AvgIpc) is 3.49. The van der Waals surface area contributed by atoms with E-state index in [9.17, 15) is 27.9 Å². The highest BCUT2D eigenvalue weighted by molar-refractivity contribution is 7.80. The number of aryl methyl sites for hydroxylation is 1. The summed E-state index contributed by atoms with van der Waals surface area (Å²) >= 11 is 0.967. The second kappa shape index (κ2) is 14.1. The number of thiazole rings is 1. The van der Waals surface area contributed by atoms with Crippen LogP contribution in [0.25, 0.3) is 0 Å². The van der Waals surface area contributed by atoms with Crippen LogP contribution in [-0.2, 0) is 40.3 Å². The monoisotopic (exact) mass is 736 g/mol. The number of hydroxylamine groups is 2. The van der Waals surface area contributed by atoms with E-state index in [0.29, 0.717) is 35.5 Å². The highest BCUT2D eigenvalue weighted by atomic mass is 32.3. The molecule has 2 aromatic rings. The van der Waals surface area contributed by atoms with Gasteiger partial charge < -0.3 is 37.2 Å². The second-order valence-corrected chi connectivity index (χ2v) is 15.1. The zero-order valence-electron chi connectivity index (χ0n) is 27.6. The number of carbonyl (C=O) groups is 3. The Morgan fingerprint density at radius 2 is 1.94 bits per heavy atom. The molecule has 1 saturated heterocycles. The molecule has 18 nitrogen and oxygen atoms in total. The zero-order chi connectivity index (χ0) is 36.6. The van der Waals surface area contributed by atoms with Crippen molar-refractivity contribution in [2.45, 2.75) is 88.6 Å². The molecule has 5 rings (SSSR count). The van der Waals surface area contributed by atoms with E-state index in [0.717, 1.165) is 48.1 Å². The number of ether oxygens (including phenoxy) is 1. The second-order valence-electron chi connectivity index (χ2n) is 13.2. The number of β-lactam (4-membered cyclic amide) rings is 1. The summed E-state index contributed by atoms with van der Waals surface area (Å²) in [5.74, 6) is -2.18. The first-order chi connectivity index (χ1) is 23.4. The van der Waals surface area contributed by atoms with Crippen LogP contribution in [0.4, 0.5) is 5.13 Å². The Morgan fingerprint density at radius 1 is 1.24 bits per heavy atom. The van der Waals surface area contributed by atoms with E-state index in [4.69, 9.17) is 31.3 Å². The van der Waals surface area contributed by atoms with Gasteiger partial charge in [-0.15, -0.1) is 15.6 Å². The van der Waals surface area contributed by atoms with Gasteiger partial charge in [0.2, 0.25) is 0 Å². The predicted molar refractivity (Wildman–Crippen MR) is 180 cm³/mol. The molecule has 3 aliphatic rings. The molecule has 0 spiro atoms. The van der Waals surface area contributed by atoms with Crippen molar-refractivity contribution in [3.05, 3.63) is 40.4 Å². The molecule has 1 saturated carbocycles. The van der Waals surface area contributed by atoms with Gasteiger partial charge in [-0.2, -0.15) is 13.5 Å². The molecule has 0 bridgehead atoms. The molecule has 2 amide bonds. The number of carbonyl (C=O) groups excluding carboxylic acids is 2. The van der Waals surface area contributed by atoms with Crippen LogP contribution in [0.5, 0.6) is 5.75 Å². The van der Waals surface area contributed by atoms with E-state index in [2.05, 4.69) is 24.7 Å². The van der Waals surface area contributed by atoms with Crippen LogP contribution in [0.2, 0.25) is 0 Å². The van der Waals surface area contributed by atoms with Crippen molar-refractivity contribution in [3.63, 3.8) is 0 Å². The Hall–Kier alpha value is -4.37. The quantitative estimate of drug-likeness (QED) is 0.0577. The number of amides is 2. The lowest BCUT2D eigenvalue weighted by Crippen LogP contribution is -2.76. The van der Waals surface area contributed by atoms with Gasteiger partial charge in [-0.25, -0.2) is 9.78 Å². The molecule has 0 radical (unpaired) electrons. The number of nitrogens with one attached hydrogen (secondary N) is 1. The van der Waals surface area contributed by atoms with Crippen molar-refractivity contribution < 1.29 is 46.3 Å². The number of carboxylic acids is 1. The number of amidine groups is 1. The maximum Gasteiger partial charge on any atom is 0.418 e. The molecule has 2 aliphatic heterocycles. The molecule has 50 heavy (non-hydrogen) atoms. The Kier molecular flexibility index (Phi) is 10.4. The molecule has 1 aromatic carbocycles. The molecule has 9 N–H and O–H groups in total. The van der Waals surface area contributed by atoms with Gasteiger partial charge in [0.15, 0.2) is 16.9 Å². The fraction of sp³-hybridized carbons (Fsp3) is 0.533. The Balaban J connectivity index is 1.32. The van der Waals surface area contributed by atoms with Gasteiger partial charge in [0.1, 0.15) is 23.3 Å². The molecule has 1 aliphatic carbocycles. The van der Waals surface area contributed by atoms with Crippen LogP contribution in [0.15, 0.2) is 33.7 Å². The minimum atomic E-state index is -5.03. The molecule has 272 valence electrons. The lowest BCUT2D eigenvalue weighted by atomic mass is 9.84. The number of aromatic nitrogens is 1. The average molecular weight is 737 g/mol. The summed E-state index contributed by atoms with van der Waals surface area (Å²) in [5.41, 5.74) is 15.5. The number of anilines is 1. The highest BCUT2D eigenvalue weighted by Gasteiger charge is 2.58. The van der Waals surface area contributed by atoms with Crippen LogP contribution in [0.1, 0.15) is 69.7 Å². The molecule has 2 fully saturated rings. The van der Waals surface area contributed by atoms with E-state index < -0.39 is 57.2 Å². The molecular weight excluding hydrogens is 697 g/mol. The molecule has 3 heterocycles. The third-order valence-electron chi connectivity index (χ3n) is 9.18. The molecular formula is C30H40N8O10S2. The Bertz CT molecular complexity index is 1820. The highest BCUT2D eigenvalue weighted by Crippen LogP contribution is 2.35. The number of aliphatic carboxylic acids is 1. The van der Waals surface area contributed by atoms with Crippen LogP contribution in [0, 0.1) is 5.92 Å². The van der Waals surface area contributed by atoms with Crippen LogP contribution < -0.4 is 27.3 Å². The number of hydrogen-bond donors (Lipinski definition) is 6. The number of nitrogens with two attached hydrogens (primary N) is 3. The smallest absolute Gasteiger partial charge is 0.418 e.